The molecule has 2 aliphatic heterocycles. The van der Waals surface area contributed by atoms with E-state index in [-0.39, 0.29) is 24.2 Å². The van der Waals surface area contributed by atoms with Crippen LogP contribution in [0, 0.1) is 5.82 Å². The highest BCUT2D eigenvalue weighted by atomic mass is 19.1. The lowest BCUT2D eigenvalue weighted by Gasteiger charge is -2.27. The van der Waals surface area contributed by atoms with E-state index in [1.807, 2.05) is 0 Å². The summed E-state index contributed by atoms with van der Waals surface area (Å²) in [4.78, 5) is 24.7. The predicted molar refractivity (Wildman–Crippen MR) is 85.5 cm³/mol. The molecule has 0 spiro atoms. The standard InChI is InChI=1S/C17H21FN2O4/c1-11(21)19-9-13-10-20(17(22)24-13)15-4-2-3-14(18)16(15)12-5-7-23-8-6-12/h2-4,12-13H,5-10H2,1H3,(H,19,21)/t13-/m0/s1. The average molecular weight is 336 g/mol. The summed E-state index contributed by atoms with van der Waals surface area (Å²) in [6.45, 7) is 3.13. The van der Waals surface area contributed by atoms with Crippen LogP contribution in [0.15, 0.2) is 18.2 Å². The van der Waals surface area contributed by atoms with Gasteiger partial charge in [-0.05, 0) is 30.9 Å². The molecule has 1 N–H and O–H groups in total. The lowest BCUT2D eigenvalue weighted by Crippen LogP contribution is -2.33. The van der Waals surface area contributed by atoms with Gasteiger partial charge >= 0.3 is 6.09 Å². The first-order valence-corrected chi connectivity index (χ1v) is 8.15. The highest BCUT2D eigenvalue weighted by Gasteiger charge is 2.35. The second-order valence-electron chi connectivity index (χ2n) is 6.11. The number of cyclic esters (lactones) is 1. The molecule has 2 heterocycles. The van der Waals surface area contributed by atoms with Crippen LogP contribution in [0.2, 0.25) is 0 Å². The van der Waals surface area contributed by atoms with E-state index < -0.39 is 12.2 Å². The Morgan fingerprint density at radius 2 is 2.12 bits per heavy atom. The van der Waals surface area contributed by atoms with Crippen molar-refractivity contribution in [1.29, 1.82) is 0 Å². The third-order valence-corrected chi connectivity index (χ3v) is 4.40. The molecule has 130 valence electrons. The van der Waals surface area contributed by atoms with Crippen molar-refractivity contribution in [2.75, 3.05) is 31.2 Å². The van der Waals surface area contributed by atoms with Crippen LogP contribution >= 0.6 is 0 Å². The van der Waals surface area contributed by atoms with Crippen LogP contribution in [0.4, 0.5) is 14.9 Å². The van der Waals surface area contributed by atoms with Gasteiger partial charge in [-0.2, -0.15) is 0 Å². The number of carbonyl (C=O) groups excluding carboxylic acids is 2. The lowest BCUT2D eigenvalue weighted by atomic mass is 9.89. The fourth-order valence-corrected chi connectivity index (χ4v) is 3.23. The normalized spacial score (nSPS) is 21.7. The number of nitrogens with zero attached hydrogens (tertiary/aromatic N) is 1. The van der Waals surface area contributed by atoms with Gasteiger partial charge in [0.1, 0.15) is 11.9 Å². The Morgan fingerprint density at radius 3 is 2.83 bits per heavy atom. The van der Waals surface area contributed by atoms with Crippen molar-refractivity contribution in [3.63, 3.8) is 0 Å². The number of carbonyl (C=O) groups is 2. The molecule has 0 bridgehead atoms. The molecule has 7 heteroatoms. The Balaban J connectivity index is 1.82. The summed E-state index contributed by atoms with van der Waals surface area (Å²) in [5.41, 5.74) is 1.11. The zero-order valence-corrected chi connectivity index (χ0v) is 13.6. The van der Waals surface area contributed by atoms with E-state index in [9.17, 15) is 14.0 Å². The van der Waals surface area contributed by atoms with Crippen LogP contribution in [0.1, 0.15) is 31.2 Å². The quantitative estimate of drug-likeness (QED) is 0.915. The van der Waals surface area contributed by atoms with Crippen molar-refractivity contribution < 1.29 is 23.5 Å². The minimum Gasteiger partial charge on any atom is -0.442 e. The molecular formula is C17H21FN2O4. The Morgan fingerprint density at radius 1 is 1.38 bits per heavy atom. The fraction of sp³-hybridized carbons (Fsp3) is 0.529. The molecule has 2 saturated heterocycles. The summed E-state index contributed by atoms with van der Waals surface area (Å²) in [7, 11) is 0. The lowest BCUT2D eigenvalue weighted by molar-refractivity contribution is -0.119. The van der Waals surface area contributed by atoms with Crippen LogP contribution in [-0.4, -0.2) is 44.4 Å². The summed E-state index contributed by atoms with van der Waals surface area (Å²) in [6.07, 6.45) is 0.509. The van der Waals surface area contributed by atoms with E-state index in [0.29, 0.717) is 31.0 Å². The molecule has 0 aliphatic carbocycles. The first-order valence-electron chi connectivity index (χ1n) is 8.15. The van der Waals surface area contributed by atoms with Gasteiger partial charge in [-0.15, -0.1) is 0 Å². The topological polar surface area (TPSA) is 67.9 Å². The highest BCUT2D eigenvalue weighted by Crippen LogP contribution is 2.37. The molecule has 0 radical (unpaired) electrons. The number of nitrogens with one attached hydrogen (secondary N) is 1. The van der Waals surface area contributed by atoms with Gasteiger partial charge in [-0.1, -0.05) is 6.07 Å². The maximum Gasteiger partial charge on any atom is 0.414 e. The minimum atomic E-state index is -0.510. The maximum absolute atomic E-state index is 14.5. The summed E-state index contributed by atoms with van der Waals surface area (Å²) in [5.74, 6) is -0.465. The first kappa shape index (κ1) is 16.7. The summed E-state index contributed by atoms with van der Waals surface area (Å²) in [5, 5.41) is 2.64. The van der Waals surface area contributed by atoms with Gasteiger partial charge in [0.05, 0.1) is 18.8 Å². The third kappa shape index (κ3) is 3.51. The van der Waals surface area contributed by atoms with E-state index in [2.05, 4.69) is 5.32 Å². The second-order valence-corrected chi connectivity index (χ2v) is 6.11. The number of anilines is 1. The monoisotopic (exact) mass is 336 g/mol. The van der Waals surface area contributed by atoms with Crippen molar-refractivity contribution >= 4 is 17.7 Å². The molecule has 0 unspecified atom stereocenters. The maximum atomic E-state index is 14.5. The summed E-state index contributed by atoms with van der Waals surface area (Å²) in [6, 6.07) is 4.77. The molecule has 2 fully saturated rings. The molecule has 6 nitrogen and oxygen atoms in total. The van der Waals surface area contributed by atoms with Crippen molar-refractivity contribution in [2.45, 2.75) is 31.8 Å². The predicted octanol–water partition coefficient (Wildman–Crippen LogP) is 2.18. The number of benzene rings is 1. The highest BCUT2D eigenvalue weighted by molar-refractivity contribution is 5.91. The van der Waals surface area contributed by atoms with Gasteiger partial charge in [-0.3, -0.25) is 9.69 Å². The molecular weight excluding hydrogens is 315 g/mol. The number of ether oxygens (including phenoxy) is 2. The fourth-order valence-electron chi connectivity index (χ4n) is 3.23. The Hall–Kier alpha value is -2.15. The number of amides is 2. The molecule has 24 heavy (non-hydrogen) atoms. The largest absolute Gasteiger partial charge is 0.442 e. The van der Waals surface area contributed by atoms with Gasteiger partial charge in [0.25, 0.3) is 0 Å². The van der Waals surface area contributed by atoms with Gasteiger partial charge < -0.3 is 14.8 Å². The molecule has 1 aromatic rings. The second kappa shape index (κ2) is 7.17. The number of hydrogen-bond donors (Lipinski definition) is 1. The molecule has 0 saturated carbocycles. The average Bonchev–Trinajstić information content (AvgIpc) is 2.94. The van der Waals surface area contributed by atoms with Crippen LogP contribution in [0.5, 0.6) is 0 Å². The summed E-state index contributed by atoms with van der Waals surface area (Å²) < 4.78 is 25.1. The van der Waals surface area contributed by atoms with E-state index in [1.54, 1.807) is 12.1 Å². The van der Waals surface area contributed by atoms with E-state index >= 15 is 0 Å². The van der Waals surface area contributed by atoms with Crippen molar-refractivity contribution in [1.82, 2.24) is 5.32 Å². The minimum absolute atomic E-state index is 0.0251. The van der Waals surface area contributed by atoms with E-state index in [4.69, 9.17) is 9.47 Å². The summed E-state index contributed by atoms with van der Waals surface area (Å²) >= 11 is 0. The Labute approximate surface area is 139 Å². The van der Waals surface area contributed by atoms with Crippen LogP contribution < -0.4 is 10.2 Å². The van der Waals surface area contributed by atoms with Gasteiger partial charge in [0.15, 0.2) is 0 Å². The molecule has 3 rings (SSSR count). The van der Waals surface area contributed by atoms with Crippen LogP contribution in [0.25, 0.3) is 0 Å². The Bertz CT molecular complexity index is 631. The van der Waals surface area contributed by atoms with Crippen LogP contribution in [-0.2, 0) is 14.3 Å². The zero-order valence-electron chi connectivity index (χ0n) is 13.6. The van der Waals surface area contributed by atoms with E-state index in [1.165, 1.54) is 17.9 Å². The number of hydrogen-bond acceptors (Lipinski definition) is 4. The molecule has 1 atom stereocenters. The molecule has 2 aliphatic rings. The van der Waals surface area contributed by atoms with Crippen LogP contribution in [0.3, 0.4) is 0 Å². The van der Waals surface area contributed by atoms with Crippen molar-refractivity contribution in [3.8, 4) is 0 Å². The molecule has 0 aromatic heterocycles. The van der Waals surface area contributed by atoms with Gasteiger partial charge in [-0.25, -0.2) is 9.18 Å². The van der Waals surface area contributed by atoms with E-state index in [0.717, 1.165) is 12.8 Å². The Kier molecular flexibility index (Phi) is 4.99. The zero-order chi connectivity index (χ0) is 17.1. The van der Waals surface area contributed by atoms with Crippen molar-refractivity contribution in [3.05, 3.63) is 29.6 Å². The molecule has 1 aromatic carbocycles. The first-order chi connectivity index (χ1) is 11.6. The van der Waals surface area contributed by atoms with Gasteiger partial charge in [0.2, 0.25) is 5.91 Å². The third-order valence-electron chi connectivity index (χ3n) is 4.40. The molecule has 2 amide bonds. The van der Waals surface area contributed by atoms with Crippen molar-refractivity contribution in [2.24, 2.45) is 0 Å². The number of rotatable bonds is 4. The SMILES string of the molecule is CC(=O)NC[C@H]1CN(c2cccc(F)c2C2CCOCC2)C(=O)O1. The van der Waals surface area contributed by atoms with Gasteiger partial charge in [0, 0.05) is 25.7 Å². The number of halogens is 1. The smallest absolute Gasteiger partial charge is 0.414 e.